The van der Waals surface area contributed by atoms with Gasteiger partial charge >= 0.3 is 0 Å². The Hall–Kier alpha value is -0.590. The van der Waals surface area contributed by atoms with E-state index in [9.17, 15) is 9.46 Å². The van der Waals surface area contributed by atoms with Gasteiger partial charge in [0.15, 0.2) is 0 Å². The fraction of sp³-hybridized carbons (Fsp3) is 0.727. The minimum absolute atomic E-state index is 0.0178. The molecule has 1 aromatic rings. The normalized spacial score (nSPS) is 16.5. The predicted octanol–water partition coefficient (Wildman–Crippen LogP) is 6.56. The van der Waals surface area contributed by atoms with Crippen LogP contribution < -0.4 is 5.30 Å². The Morgan fingerprint density at radius 2 is 1.68 bits per heavy atom. The van der Waals surface area contributed by atoms with E-state index in [1.807, 2.05) is 32.0 Å². The lowest BCUT2D eigenvalue weighted by molar-refractivity contribution is 0.315. The minimum Gasteiger partial charge on any atom is -0.341 e. The van der Waals surface area contributed by atoms with E-state index in [2.05, 4.69) is 40.7 Å². The molecule has 0 bridgehead atoms. The number of benzene rings is 1. The van der Waals surface area contributed by atoms with E-state index in [1.165, 1.54) is 19.3 Å². The molecule has 0 aliphatic carbocycles. The molecule has 2 unspecified atom stereocenters. The first-order valence-electron chi connectivity index (χ1n) is 9.86. The van der Waals surface area contributed by atoms with Gasteiger partial charge in [-0.1, -0.05) is 92.3 Å². The Morgan fingerprint density at radius 1 is 1.08 bits per heavy atom. The molecular formula is C22H39O2P. The lowest BCUT2D eigenvalue weighted by Gasteiger charge is -2.37. The van der Waals surface area contributed by atoms with Gasteiger partial charge in [0.25, 0.3) is 0 Å². The minimum atomic E-state index is -3.47. The largest absolute Gasteiger partial charge is 0.341 e. The van der Waals surface area contributed by atoms with Crippen molar-refractivity contribution in [3.8, 4) is 0 Å². The van der Waals surface area contributed by atoms with Crippen molar-refractivity contribution in [3.63, 3.8) is 0 Å². The van der Waals surface area contributed by atoms with Crippen LogP contribution in [-0.4, -0.2) is 10.0 Å². The summed E-state index contributed by atoms with van der Waals surface area (Å²) in [6, 6.07) is 7.84. The second-order valence-electron chi connectivity index (χ2n) is 9.38. The SMILES string of the molecule is CCCCC(CC)Cc1ccccc1P(=O)(O)C(C)(C)CC(C)(C)C. The first kappa shape index (κ1) is 22.5. The molecule has 25 heavy (non-hydrogen) atoms. The summed E-state index contributed by atoms with van der Waals surface area (Å²) in [6.07, 6.45) is 6.37. The molecule has 0 fully saturated rings. The molecule has 0 saturated heterocycles. The van der Waals surface area contributed by atoms with Crippen LogP contribution in [0, 0.1) is 11.3 Å². The first-order valence-corrected chi connectivity index (χ1v) is 11.5. The van der Waals surface area contributed by atoms with Gasteiger partial charge in [-0.05, 0) is 35.8 Å². The van der Waals surface area contributed by atoms with E-state index in [1.54, 1.807) is 0 Å². The van der Waals surface area contributed by atoms with Crippen LogP contribution in [0.25, 0.3) is 0 Å². The van der Waals surface area contributed by atoms with Gasteiger partial charge in [-0.25, -0.2) is 0 Å². The van der Waals surface area contributed by atoms with E-state index in [0.29, 0.717) is 11.2 Å². The van der Waals surface area contributed by atoms with Gasteiger partial charge in [0, 0.05) is 10.5 Å². The Kier molecular flexibility index (Phi) is 7.96. The molecule has 0 amide bonds. The van der Waals surface area contributed by atoms with Crippen molar-refractivity contribution >= 4 is 12.7 Å². The summed E-state index contributed by atoms with van der Waals surface area (Å²) in [5.41, 5.74) is 1.09. The lowest BCUT2D eigenvalue weighted by atomic mass is 9.86. The zero-order valence-electron chi connectivity index (χ0n) is 17.4. The summed E-state index contributed by atoms with van der Waals surface area (Å²) >= 11 is 0. The molecule has 2 nitrogen and oxygen atoms in total. The highest BCUT2D eigenvalue weighted by Gasteiger charge is 2.43. The van der Waals surface area contributed by atoms with Crippen LogP contribution in [0.5, 0.6) is 0 Å². The van der Waals surface area contributed by atoms with Crippen LogP contribution in [0.4, 0.5) is 0 Å². The summed E-state index contributed by atoms with van der Waals surface area (Å²) < 4.78 is 13.6. The number of rotatable bonds is 9. The van der Waals surface area contributed by atoms with Gasteiger partial charge in [0.05, 0.1) is 0 Å². The Morgan fingerprint density at radius 3 is 2.20 bits per heavy atom. The summed E-state index contributed by atoms with van der Waals surface area (Å²) in [7, 11) is -3.47. The summed E-state index contributed by atoms with van der Waals surface area (Å²) in [5, 5.41) is 0.0474. The van der Waals surface area contributed by atoms with Gasteiger partial charge in [-0.3, -0.25) is 4.57 Å². The molecule has 1 aromatic carbocycles. The Bertz CT molecular complexity index is 584. The third-order valence-corrected chi connectivity index (χ3v) is 8.04. The average molecular weight is 367 g/mol. The van der Waals surface area contributed by atoms with Crippen LogP contribution in [0.15, 0.2) is 24.3 Å². The van der Waals surface area contributed by atoms with Crippen molar-refractivity contribution in [3.05, 3.63) is 29.8 Å². The zero-order valence-corrected chi connectivity index (χ0v) is 18.3. The highest BCUT2D eigenvalue weighted by molar-refractivity contribution is 7.67. The van der Waals surface area contributed by atoms with Gasteiger partial charge in [-0.15, -0.1) is 0 Å². The Balaban J connectivity index is 3.18. The Labute approximate surface area is 155 Å². The third-order valence-electron chi connectivity index (χ3n) is 5.15. The first-order chi connectivity index (χ1) is 11.4. The van der Waals surface area contributed by atoms with E-state index < -0.39 is 12.5 Å². The van der Waals surface area contributed by atoms with Crippen LogP contribution in [0.3, 0.4) is 0 Å². The summed E-state index contributed by atoms with van der Waals surface area (Å²) in [4.78, 5) is 11.2. The van der Waals surface area contributed by atoms with Crippen molar-refractivity contribution in [2.75, 3.05) is 0 Å². The molecule has 0 aliphatic heterocycles. The fourth-order valence-corrected chi connectivity index (χ4v) is 6.15. The molecule has 1 N–H and O–H groups in total. The van der Waals surface area contributed by atoms with Crippen molar-refractivity contribution in [2.24, 2.45) is 11.3 Å². The molecule has 2 atom stereocenters. The second kappa shape index (κ2) is 8.87. The number of hydrogen-bond acceptors (Lipinski definition) is 1. The maximum Gasteiger partial charge on any atom is 0.235 e. The van der Waals surface area contributed by atoms with E-state index in [0.717, 1.165) is 24.8 Å². The topological polar surface area (TPSA) is 37.3 Å². The van der Waals surface area contributed by atoms with Crippen molar-refractivity contribution in [1.82, 2.24) is 0 Å². The molecule has 0 radical (unpaired) electrons. The van der Waals surface area contributed by atoms with Crippen LogP contribution >= 0.6 is 7.37 Å². The molecule has 144 valence electrons. The molecule has 0 spiro atoms. The molecule has 0 aliphatic rings. The van der Waals surface area contributed by atoms with Crippen LogP contribution in [0.2, 0.25) is 0 Å². The number of unbranched alkanes of at least 4 members (excludes halogenated alkanes) is 1. The van der Waals surface area contributed by atoms with Crippen LogP contribution in [0.1, 0.15) is 86.1 Å². The smallest absolute Gasteiger partial charge is 0.235 e. The van der Waals surface area contributed by atoms with E-state index >= 15 is 0 Å². The highest BCUT2D eigenvalue weighted by Crippen LogP contribution is 2.57. The van der Waals surface area contributed by atoms with E-state index in [4.69, 9.17) is 0 Å². The molecule has 0 aromatic heterocycles. The quantitative estimate of drug-likeness (QED) is 0.503. The predicted molar refractivity (Wildman–Crippen MR) is 111 cm³/mol. The van der Waals surface area contributed by atoms with Crippen molar-refractivity contribution in [2.45, 2.75) is 92.1 Å². The van der Waals surface area contributed by atoms with Gasteiger partial charge in [0.2, 0.25) is 7.37 Å². The van der Waals surface area contributed by atoms with Gasteiger partial charge in [-0.2, -0.15) is 0 Å². The fourth-order valence-electron chi connectivity index (χ4n) is 3.96. The van der Waals surface area contributed by atoms with Gasteiger partial charge < -0.3 is 4.89 Å². The zero-order chi connectivity index (χ0) is 19.3. The van der Waals surface area contributed by atoms with Crippen LogP contribution in [-0.2, 0) is 11.0 Å². The maximum atomic E-state index is 13.6. The maximum absolute atomic E-state index is 13.6. The van der Waals surface area contributed by atoms with Crippen molar-refractivity contribution < 1.29 is 9.46 Å². The monoisotopic (exact) mass is 366 g/mol. The van der Waals surface area contributed by atoms with E-state index in [-0.39, 0.29) is 5.41 Å². The lowest BCUT2D eigenvalue weighted by Crippen LogP contribution is -2.32. The molecule has 1 rings (SSSR count). The second-order valence-corrected chi connectivity index (χ2v) is 12.2. The van der Waals surface area contributed by atoms with Gasteiger partial charge in [0.1, 0.15) is 0 Å². The highest BCUT2D eigenvalue weighted by atomic mass is 31.2. The third kappa shape index (κ3) is 6.26. The molecule has 0 saturated carbocycles. The number of hydrogen-bond donors (Lipinski definition) is 1. The molecule has 0 heterocycles. The molecular weight excluding hydrogens is 327 g/mol. The standard InChI is InChI=1S/C22H39O2P/c1-8-10-13-18(9-2)16-19-14-11-12-15-20(19)25(23,24)22(6,7)17-21(3,4)5/h11-12,14-15,18H,8-10,13,16-17H2,1-7H3,(H,23,24). The summed E-state index contributed by atoms with van der Waals surface area (Å²) in [5.74, 6) is 0.590. The average Bonchev–Trinajstić information content (AvgIpc) is 2.49. The molecule has 3 heteroatoms. The summed E-state index contributed by atoms with van der Waals surface area (Å²) in [6.45, 7) is 14.8. The van der Waals surface area contributed by atoms with Crippen molar-refractivity contribution in [1.29, 1.82) is 0 Å².